The molecule has 2 heterocycles. The second kappa shape index (κ2) is 6.26. The molecular formula is C18H21N3OS. The van der Waals surface area contributed by atoms with Crippen molar-refractivity contribution in [3.8, 4) is 0 Å². The molecule has 0 saturated carbocycles. The van der Waals surface area contributed by atoms with Crippen LogP contribution in [0.4, 0.5) is 0 Å². The van der Waals surface area contributed by atoms with Gasteiger partial charge >= 0.3 is 0 Å². The molecule has 0 bridgehead atoms. The Kier molecular flexibility index (Phi) is 4.33. The van der Waals surface area contributed by atoms with E-state index in [0.717, 1.165) is 32.0 Å². The van der Waals surface area contributed by atoms with Gasteiger partial charge in [-0.3, -0.25) is 9.36 Å². The molecule has 0 spiro atoms. The van der Waals surface area contributed by atoms with Gasteiger partial charge in [0.05, 0.1) is 18.5 Å². The third-order valence-corrected chi connectivity index (χ3v) is 5.11. The van der Waals surface area contributed by atoms with Crippen LogP contribution in [0.25, 0.3) is 10.2 Å². The number of hydrogen-bond acceptors (Lipinski definition) is 4. The van der Waals surface area contributed by atoms with Gasteiger partial charge in [0.2, 0.25) is 0 Å². The van der Waals surface area contributed by atoms with Crippen molar-refractivity contribution in [1.82, 2.24) is 14.5 Å². The predicted molar refractivity (Wildman–Crippen MR) is 96.3 cm³/mol. The quantitative estimate of drug-likeness (QED) is 0.739. The molecule has 0 aliphatic rings. The van der Waals surface area contributed by atoms with Crippen LogP contribution in [0.15, 0.2) is 35.1 Å². The van der Waals surface area contributed by atoms with E-state index in [1.54, 1.807) is 11.3 Å². The van der Waals surface area contributed by atoms with Crippen molar-refractivity contribution in [2.45, 2.75) is 26.9 Å². The molecule has 120 valence electrons. The SMILES string of the molecule is Cc1sc2nc(CN(C)C)n(Cc3ccccc3)c(=O)c2c1C. The standard InChI is InChI=1S/C18H21N3OS/c1-12-13(2)23-17-16(12)18(22)21(15(19-17)11-20(3)4)10-14-8-6-5-7-9-14/h5-9H,10-11H2,1-4H3. The van der Waals surface area contributed by atoms with Crippen molar-refractivity contribution in [3.05, 3.63) is 62.5 Å². The summed E-state index contributed by atoms with van der Waals surface area (Å²) in [5.74, 6) is 0.817. The van der Waals surface area contributed by atoms with E-state index in [0.29, 0.717) is 13.1 Å². The van der Waals surface area contributed by atoms with E-state index in [9.17, 15) is 4.79 Å². The molecule has 3 aromatic rings. The lowest BCUT2D eigenvalue weighted by Gasteiger charge is -2.16. The van der Waals surface area contributed by atoms with Gasteiger partial charge in [-0.1, -0.05) is 30.3 Å². The van der Waals surface area contributed by atoms with E-state index >= 15 is 0 Å². The van der Waals surface area contributed by atoms with Crippen LogP contribution in [0.3, 0.4) is 0 Å². The number of hydrogen-bond donors (Lipinski definition) is 0. The van der Waals surface area contributed by atoms with Crippen LogP contribution in [0.2, 0.25) is 0 Å². The topological polar surface area (TPSA) is 38.1 Å². The fourth-order valence-corrected chi connectivity index (χ4v) is 3.74. The lowest BCUT2D eigenvalue weighted by molar-refractivity contribution is 0.379. The number of aromatic nitrogens is 2. The Balaban J connectivity index is 2.21. The van der Waals surface area contributed by atoms with Crippen LogP contribution in [-0.4, -0.2) is 28.5 Å². The molecule has 0 fully saturated rings. The summed E-state index contributed by atoms with van der Waals surface area (Å²) in [6.07, 6.45) is 0. The van der Waals surface area contributed by atoms with Gasteiger partial charge < -0.3 is 4.90 Å². The second-order valence-electron chi connectivity index (χ2n) is 6.11. The van der Waals surface area contributed by atoms with Crippen LogP contribution in [0.1, 0.15) is 21.8 Å². The van der Waals surface area contributed by atoms with Crippen molar-refractivity contribution in [1.29, 1.82) is 0 Å². The molecule has 0 N–H and O–H groups in total. The highest BCUT2D eigenvalue weighted by Crippen LogP contribution is 2.26. The zero-order chi connectivity index (χ0) is 16.6. The Morgan fingerprint density at radius 1 is 1.17 bits per heavy atom. The number of aryl methyl sites for hydroxylation is 2. The molecule has 2 aromatic heterocycles. The molecule has 0 unspecified atom stereocenters. The Hall–Kier alpha value is -1.98. The van der Waals surface area contributed by atoms with Crippen LogP contribution in [0, 0.1) is 13.8 Å². The highest BCUT2D eigenvalue weighted by molar-refractivity contribution is 7.18. The monoisotopic (exact) mass is 327 g/mol. The van der Waals surface area contributed by atoms with E-state index < -0.39 is 0 Å². The minimum absolute atomic E-state index is 0.0672. The second-order valence-corrected chi connectivity index (χ2v) is 7.31. The minimum atomic E-state index is 0.0672. The lowest BCUT2D eigenvalue weighted by Crippen LogP contribution is -2.28. The zero-order valence-corrected chi connectivity index (χ0v) is 14.8. The first-order valence-corrected chi connectivity index (χ1v) is 8.47. The average Bonchev–Trinajstić information content (AvgIpc) is 2.78. The van der Waals surface area contributed by atoms with Crippen molar-refractivity contribution in [3.63, 3.8) is 0 Å². The molecule has 5 heteroatoms. The first-order chi connectivity index (χ1) is 11.0. The third kappa shape index (κ3) is 3.07. The molecule has 23 heavy (non-hydrogen) atoms. The molecule has 0 radical (unpaired) electrons. The Labute approximate surface area is 140 Å². The number of rotatable bonds is 4. The van der Waals surface area contributed by atoms with E-state index in [1.165, 1.54) is 0 Å². The van der Waals surface area contributed by atoms with E-state index in [-0.39, 0.29) is 5.56 Å². The summed E-state index contributed by atoms with van der Waals surface area (Å²) < 4.78 is 1.82. The third-order valence-electron chi connectivity index (χ3n) is 4.01. The molecule has 0 atom stereocenters. The van der Waals surface area contributed by atoms with Gasteiger partial charge in [0, 0.05) is 4.88 Å². The smallest absolute Gasteiger partial charge is 0.262 e. The summed E-state index contributed by atoms with van der Waals surface area (Å²) >= 11 is 1.61. The maximum absolute atomic E-state index is 13.1. The number of fused-ring (bicyclic) bond motifs is 1. The number of thiophene rings is 1. The van der Waals surface area contributed by atoms with Gasteiger partial charge in [-0.15, -0.1) is 11.3 Å². The van der Waals surface area contributed by atoms with Crippen LogP contribution >= 0.6 is 11.3 Å². The Morgan fingerprint density at radius 2 is 1.87 bits per heavy atom. The Morgan fingerprint density at radius 3 is 2.52 bits per heavy atom. The first-order valence-electron chi connectivity index (χ1n) is 7.65. The molecule has 4 nitrogen and oxygen atoms in total. The average molecular weight is 327 g/mol. The van der Waals surface area contributed by atoms with Gasteiger partial charge in [0.15, 0.2) is 0 Å². The summed E-state index contributed by atoms with van der Waals surface area (Å²) in [5.41, 5.74) is 2.23. The van der Waals surface area contributed by atoms with Crippen molar-refractivity contribution < 1.29 is 0 Å². The lowest BCUT2D eigenvalue weighted by atomic mass is 10.2. The molecule has 1 aromatic carbocycles. The van der Waals surface area contributed by atoms with Gasteiger partial charge in [0.25, 0.3) is 5.56 Å². The number of nitrogens with zero attached hydrogens (tertiary/aromatic N) is 3. The van der Waals surface area contributed by atoms with E-state index in [1.807, 2.05) is 67.7 Å². The van der Waals surface area contributed by atoms with E-state index in [4.69, 9.17) is 4.98 Å². The van der Waals surface area contributed by atoms with Crippen LogP contribution in [0.5, 0.6) is 0 Å². The molecule has 0 amide bonds. The fraction of sp³-hybridized carbons (Fsp3) is 0.333. The normalized spacial score (nSPS) is 11.5. The molecule has 3 rings (SSSR count). The summed E-state index contributed by atoms with van der Waals surface area (Å²) in [4.78, 5) is 21.9. The minimum Gasteiger partial charge on any atom is -0.302 e. The maximum Gasteiger partial charge on any atom is 0.262 e. The highest BCUT2D eigenvalue weighted by atomic mass is 32.1. The maximum atomic E-state index is 13.1. The van der Waals surface area contributed by atoms with Crippen molar-refractivity contribution >= 4 is 21.6 Å². The Bertz CT molecular complexity index is 894. The highest BCUT2D eigenvalue weighted by Gasteiger charge is 2.17. The molecule has 0 aliphatic heterocycles. The molecule has 0 aliphatic carbocycles. The summed E-state index contributed by atoms with van der Waals surface area (Å²) in [6.45, 7) is 5.26. The van der Waals surface area contributed by atoms with Crippen molar-refractivity contribution in [2.75, 3.05) is 14.1 Å². The van der Waals surface area contributed by atoms with Gasteiger partial charge in [0.1, 0.15) is 10.7 Å². The van der Waals surface area contributed by atoms with Crippen LogP contribution in [-0.2, 0) is 13.1 Å². The summed E-state index contributed by atoms with van der Waals surface area (Å²) in [7, 11) is 3.99. The summed E-state index contributed by atoms with van der Waals surface area (Å²) in [6, 6.07) is 10.1. The van der Waals surface area contributed by atoms with Gasteiger partial charge in [-0.2, -0.15) is 0 Å². The first kappa shape index (κ1) is 15.9. The van der Waals surface area contributed by atoms with Gasteiger partial charge in [-0.05, 0) is 39.1 Å². The zero-order valence-electron chi connectivity index (χ0n) is 14.0. The van der Waals surface area contributed by atoms with Crippen LogP contribution < -0.4 is 5.56 Å². The van der Waals surface area contributed by atoms with E-state index in [2.05, 4.69) is 0 Å². The number of benzene rings is 1. The van der Waals surface area contributed by atoms with Gasteiger partial charge in [-0.25, -0.2) is 4.98 Å². The molecule has 0 saturated heterocycles. The largest absolute Gasteiger partial charge is 0.302 e. The summed E-state index contributed by atoms with van der Waals surface area (Å²) in [5, 5.41) is 0.769. The fourth-order valence-electron chi connectivity index (χ4n) is 2.70. The molecular weight excluding hydrogens is 306 g/mol. The predicted octanol–water partition coefficient (Wildman–Crippen LogP) is 3.18. The van der Waals surface area contributed by atoms with Crippen molar-refractivity contribution in [2.24, 2.45) is 0 Å².